The van der Waals surface area contributed by atoms with Gasteiger partial charge in [0.15, 0.2) is 5.76 Å². The molecule has 7 heteroatoms. The van der Waals surface area contributed by atoms with Crippen LogP contribution in [0.2, 0.25) is 0 Å². The van der Waals surface area contributed by atoms with E-state index in [4.69, 9.17) is 4.42 Å². The molecule has 1 aliphatic rings. The molecule has 0 spiro atoms. The molecular formula is C25H27N3O3S. The molecule has 0 atom stereocenters. The second kappa shape index (κ2) is 10.1. The first kappa shape index (κ1) is 22.2. The van der Waals surface area contributed by atoms with Gasteiger partial charge in [-0.1, -0.05) is 24.3 Å². The lowest BCUT2D eigenvalue weighted by atomic mass is 10.0. The number of hydrogen-bond acceptors (Lipinski definition) is 5. The van der Waals surface area contributed by atoms with E-state index in [1.54, 1.807) is 43.4 Å². The van der Waals surface area contributed by atoms with Gasteiger partial charge in [-0.3, -0.25) is 14.5 Å². The minimum Gasteiger partial charge on any atom is -0.459 e. The average molecular weight is 450 g/mol. The molecule has 2 heterocycles. The minimum atomic E-state index is -0.312. The Balaban J connectivity index is 1.53. The zero-order chi connectivity index (χ0) is 22.5. The van der Waals surface area contributed by atoms with Crippen LogP contribution >= 0.6 is 11.8 Å². The molecule has 1 aromatic heterocycles. The van der Waals surface area contributed by atoms with Crippen molar-refractivity contribution in [1.29, 1.82) is 0 Å². The monoisotopic (exact) mass is 449 g/mol. The van der Waals surface area contributed by atoms with Crippen LogP contribution in [0.25, 0.3) is 0 Å². The summed E-state index contributed by atoms with van der Waals surface area (Å²) in [5.41, 5.74) is 4.01. The first-order valence-electron chi connectivity index (χ1n) is 10.6. The van der Waals surface area contributed by atoms with Gasteiger partial charge in [0.2, 0.25) is 0 Å². The number of furan rings is 1. The first-order chi connectivity index (χ1) is 15.5. The molecule has 0 unspecified atom stereocenters. The highest BCUT2D eigenvalue weighted by atomic mass is 32.2. The fourth-order valence-corrected chi connectivity index (χ4v) is 4.79. The predicted octanol–water partition coefficient (Wildman–Crippen LogP) is 4.67. The summed E-state index contributed by atoms with van der Waals surface area (Å²) in [5, 5.41) is 3.05. The fraction of sp³-hybridized carbons (Fsp3) is 0.280. The molecule has 1 aliphatic heterocycles. The lowest BCUT2D eigenvalue weighted by Gasteiger charge is -2.27. The Morgan fingerprint density at radius 3 is 2.59 bits per heavy atom. The summed E-state index contributed by atoms with van der Waals surface area (Å²) in [4.78, 5) is 29.8. The number of thioether (sulfide) groups is 1. The molecule has 1 saturated heterocycles. The van der Waals surface area contributed by atoms with E-state index in [2.05, 4.69) is 16.3 Å². The maximum atomic E-state index is 13.2. The van der Waals surface area contributed by atoms with Gasteiger partial charge in [0.25, 0.3) is 11.8 Å². The molecule has 0 saturated carbocycles. The van der Waals surface area contributed by atoms with Gasteiger partial charge in [0, 0.05) is 43.9 Å². The summed E-state index contributed by atoms with van der Waals surface area (Å²) in [6.07, 6.45) is 1.46. The Labute approximate surface area is 192 Å². The van der Waals surface area contributed by atoms with Crippen molar-refractivity contribution in [2.24, 2.45) is 0 Å². The highest BCUT2D eigenvalue weighted by molar-refractivity contribution is 7.99. The summed E-state index contributed by atoms with van der Waals surface area (Å²) in [6, 6.07) is 16.4. The molecule has 1 N–H and O–H groups in total. The average Bonchev–Trinajstić information content (AvgIpc) is 3.36. The van der Waals surface area contributed by atoms with E-state index in [1.807, 2.05) is 30.8 Å². The van der Waals surface area contributed by atoms with Crippen LogP contribution in [0, 0.1) is 6.92 Å². The van der Waals surface area contributed by atoms with Crippen molar-refractivity contribution in [3.63, 3.8) is 0 Å². The summed E-state index contributed by atoms with van der Waals surface area (Å²) >= 11 is 1.99. The van der Waals surface area contributed by atoms with Gasteiger partial charge >= 0.3 is 0 Å². The van der Waals surface area contributed by atoms with Crippen molar-refractivity contribution in [2.75, 3.05) is 41.9 Å². The van der Waals surface area contributed by atoms with Crippen LogP contribution in [0.15, 0.2) is 65.3 Å². The Morgan fingerprint density at radius 1 is 1.06 bits per heavy atom. The number of rotatable bonds is 6. The van der Waals surface area contributed by atoms with Crippen molar-refractivity contribution in [3.8, 4) is 0 Å². The van der Waals surface area contributed by atoms with E-state index in [0.717, 1.165) is 42.4 Å². The molecule has 3 aromatic rings. The van der Waals surface area contributed by atoms with Crippen molar-refractivity contribution < 1.29 is 14.0 Å². The first-order valence-corrected chi connectivity index (χ1v) is 11.8. The number of anilines is 2. The van der Waals surface area contributed by atoms with Crippen molar-refractivity contribution in [2.45, 2.75) is 13.5 Å². The molecule has 6 nitrogen and oxygen atoms in total. The van der Waals surface area contributed by atoms with E-state index in [1.165, 1.54) is 16.7 Å². The van der Waals surface area contributed by atoms with Gasteiger partial charge in [0.1, 0.15) is 0 Å². The number of benzene rings is 2. The lowest BCUT2D eigenvalue weighted by molar-refractivity contribution is 0.0966. The largest absolute Gasteiger partial charge is 0.459 e. The van der Waals surface area contributed by atoms with E-state index in [-0.39, 0.29) is 17.6 Å². The molecule has 32 heavy (non-hydrogen) atoms. The number of nitrogens with zero attached hydrogens (tertiary/aromatic N) is 2. The number of carbonyl (C=O) groups is 2. The molecule has 0 aliphatic carbocycles. The van der Waals surface area contributed by atoms with E-state index < -0.39 is 0 Å². The van der Waals surface area contributed by atoms with Gasteiger partial charge in [0.05, 0.1) is 17.5 Å². The Kier molecular flexibility index (Phi) is 6.97. The third-order valence-electron chi connectivity index (χ3n) is 5.74. The van der Waals surface area contributed by atoms with E-state index in [0.29, 0.717) is 11.3 Å². The topological polar surface area (TPSA) is 65.8 Å². The Morgan fingerprint density at radius 2 is 1.84 bits per heavy atom. The van der Waals surface area contributed by atoms with Crippen LogP contribution in [0.3, 0.4) is 0 Å². The van der Waals surface area contributed by atoms with Crippen LogP contribution in [0.5, 0.6) is 0 Å². The maximum absolute atomic E-state index is 13.2. The molecule has 2 amide bonds. The van der Waals surface area contributed by atoms with Crippen LogP contribution in [0.4, 0.5) is 11.4 Å². The number of hydrogen-bond donors (Lipinski definition) is 1. The molecule has 0 radical (unpaired) electrons. The highest BCUT2D eigenvalue weighted by Crippen LogP contribution is 2.25. The Bertz CT molecular complexity index is 1090. The zero-order valence-corrected chi connectivity index (χ0v) is 19.2. The van der Waals surface area contributed by atoms with Crippen LogP contribution < -0.4 is 10.2 Å². The maximum Gasteiger partial charge on any atom is 0.293 e. The molecule has 2 aromatic carbocycles. The van der Waals surface area contributed by atoms with E-state index in [9.17, 15) is 9.59 Å². The van der Waals surface area contributed by atoms with Gasteiger partial charge < -0.3 is 14.6 Å². The third kappa shape index (κ3) is 4.89. The third-order valence-corrected chi connectivity index (χ3v) is 6.68. The minimum absolute atomic E-state index is 0.224. The standard InChI is InChI=1S/C25H27N3O3S/c1-18-19(17-28-12-15-32-16-13-28)7-5-9-21(18)26-24(29)20-8-3-4-10-22(20)27(2)25(30)23-11-6-14-31-23/h3-11,14H,12-13,15-17H2,1-2H3,(H,26,29). The predicted molar refractivity (Wildman–Crippen MR) is 130 cm³/mol. The van der Waals surface area contributed by atoms with E-state index >= 15 is 0 Å². The quantitative estimate of drug-likeness (QED) is 0.593. The summed E-state index contributed by atoms with van der Waals surface area (Å²) in [7, 11) is 1.64. The number of para-hydroxylation sites is 1. The second-order valence-electron chi connectivity index (χ2n) is 7.79. The fourth-order valence-electron chi connectivity index (χ4n) is 3.81. The molecule has 1 fully saturated rings. The smallest absolute Gasteiger partial charge is 0.293 e. The number of amides is 2. The van der Waals surface area contributed by atoms with Crippen molar-refractivity contribution in [3.05, 3.63) is 83.3 Å². The molecule has 4 rings (SSSR count). The van der Waals surface area contributed by atoms with Crippen LogP contribution in [-0.2, 0) is 6.54 Å². The number of nitrogens with one attached hydrogen (secondary N) is 1. The normalized spacial score (nSPS) is 14.2. The zero-order valence-electron chi connectivity index (χ0n) is 18.3. The molecular weight excluding hydrogens is 422 g/mol. The summed E-state index contributed by atoms with van der Waals surface area (Å²) < 4.78 is 5.23. The van der Waals surface area contributed by atoms with Gasteiger partial charge in [-0.25, -0.2) is 0 Å². The number of carbonyl (C=O) groups excluding carboxylic acids is 2. The van der Waals surface area contributed by atoms with Gasteiger partial charge in [-0.05, 0) is 48.4 Å². The second-order valence-corrected chi connectivity index (χ2v) is 9.02. The molecule has 0 bridgehead atoms. The van der Waals surface area contributed by atoms with Crippen LogP contribution in [-0.4, -0.2) is 48.4 Å². The van der Waals surface area contributed by atoms with Crippen molar-refractivity contribution >= 4 is 35.0 Å². The van der Waals surface area contributed by atoms with Gasteiger partial charge in [-0.15, -0.1) is 0 Å². The molecule has 166 valence electrons. The summed E-state index contributed by atoms with van der Waals surface area (Å²) in [6.45, 7) is 5.10. The summed E-state index contributed by atoms with van der Waals surface area (Å²) in [5.74, 6) is 1.98. The lowest BCUT2D eigenvalue weighted by Crippen LogP contribution is -2.32. The SMILES string of the molecule is Cc1c(CN2CCSCC2)cccc1NC(=O)c1ccccc1N(C)C(=O)c1ccco1. The van der Waals surface area contributed by atoms with Gasteiger partial charge in [-0.2, -0.15) is 11.8 Å². The highest BCUT2D eigenvalue weighted by Gasteiger charge is 2.22. The van der Waals surface area contributed by atoms with Crippen LogP contribution in [0.1, 0.15) is 32.0 Å². The Hall–Kier alpha value is -3.03. The van der Waals surface area contributed by atoms with Crippen molar-refractivity contribution in [1.82, 2.24) is 4.90 Å².